The minimum atomic E-state index is -1.04. The Morgan fingerprint density at radius 2 is 1.89 bits per heavy atom. The van der Waals surface area contributed by atoms with Crippen LogP contribution in [0.2, 0.25) is 0 Å². The van der Waals surface area contributed by atoms with Crippen LogP contribution in [0.15, 0.2) is 6.20 Å². The SMILES string of the molecule is CC(C)C(C(=O)O)C(O)c1cn(C)nc1C(C)(C)C. The highest BCUT2D eigenvalue weighted by atomic mass is 16.4. The van der Waals surface area contributed by atoms with E-state index in [1.807, 2.05) is 20.8 Å². The van der Waals surface area contributed by atoms with Gasteiger partial charge >= 0.3 is 5.97 Å². The van der Waals surface area contributed by atoms with Gasteiger partial charge in [0, 0.05) is 24.2 Å². The van der Waals surface area contributed by atoms with E-state index in [2.05, 4.69) is 5.10 Å². The maximum atomic E-state index is 11.3. The third kappa shape index (κ3) is 3.35. The average molecular weight is 268 g/mol. The number of aliphatic hydroxyl groups excluding tert-OH is 1. The maximum Gasteiger partial charge on any atom is 0.309 e. The average Bonchev–Trinajstić information content (AvgIpc) is 2.58. The second-order valence-electron chi connectivity index (χ2n) is 6.41. The molecule has 0 amide bonds. The molecule has 5 nitrogen and oxygen atoms in total. The summed E-state index contributed by atoms with van der Waals surface area (Å²) in [6.07, 6.45) is 0.671. The van der Waals surface area contributed by atoms with Gasteiger partial charge in [0.25, 0.3) is 0 Å². The van der Waals surface area contributed by atoms with E-state index in [1.54, 1.807) is 31.8 Å². The Kier molecular flexibility index (Phi) is 4.40. The number of aliphatic hydroxyl groups is 1. The van der Waals surface area contributed by atoms with Crippen molar-refractivity contribution in [2.45, 2.75) is 46.1 Å². The molecule has 0 aromatic carbocycles. The summed E-state index contributed by atoms with van der Waals surface area (Å²) in [6, 6.07) is 0. The van der Waals surface area contributed by atoms with Crippen LogP contribution >= 0.6 is 0 Å². The minimum Gasteiger partial charge on any atom is -0.481 e. The van der Waals surface area contributed by atoms with Gasteiger partial charge in [-0.2, -0.15) is 5.10 Å². The van der Waals surface area contributed by atoms with E-state index in [0.29, 0.717) is 5.56 Å². The highest BCUT2D eigenvalue weighted by Crippen LogP contribution is 2.34. The zero-order valence-corrected chi connectivity index (χ0v) is 12.5. The summed E-state index contributed by atoms with van der Waals surface area (Å²) in [5, 5.41) is 24.1. The van der Waals surface area contributed by atoms with Crippen molar-refractivity contribution in [1.29, 1.82) is 0 Å². The van der Waals surface area contributed by atoms with Crippen molar-refractivity contribution in [2.75, 3.05) is 0 Å². The molecule has 0 spiro atoms. The number of carboxylic acids is 1. The molecule has 5 heteroatoms. The lowest BCUT2D eigenvalue weighted by atomic mass is 9.82. The van der Waals surface area contributed by atoms with Gasteiger partial charge in [0.1, 0.15) is 0 Å². The fraction of sp³-hybridized carbons (Fsp3) is 0.714. The Balaban J connectivity index is 3.25. The summed E-state index contributed by atoms with van der Waals surface area (Å²) in [5.41, 5.74) is 1.11. The number of nitrogens with zero attached hydrogens (tertiary/aromatic N) is 2. The van der Waals surface area contributed by atoms with E-state index in [-0.39, 0.29) is 11.3 Å². The fourth-order valence-corrected chi connectivity index (χ4v) is 2.28. The molecule has 108 valence electrons. The van der Waals surface area contributed by atoms with Crippen LogP contribution in [-0.2, 0) is 17.3 Å². The molecule has 2 N–H and O–H groups in total. The van der Waals surface area contributed by atoms with Gasteiger partial charge in [0.15, 0.2) is 0 Å². The second-order valence-corrected chi connectivity index (χ2v) is 6.41. The fourth-order valence-electron chi connectivity index (χ4n) is 2.28. The van der Waals surface area contributed by atoms with Gasteiger partial charge in [0.05, 0.1) is 17.7 Å². The first kappa shape index (κ1) is 15.7. The number of aromatic nitrogens is 2. The van der Waals surface area contributed by atoms with Crippen molar-refractivity contribution >= 4 is 5.97 Å². The first-order chi connectivity index (χ1) is 8.55. The molecule has 0 fully saturated rings. The third-order valence-corrected chi connectivity index (χ3v) is 3.23. The number of rotatable bonds is 4. The zero-order chi connectivity index (χ0) is 15.0. The lowest BCUT2D eigenvalue weighted by Gasteiger charge is -2.25. The van der Waals surface area contributed by atoms with Crippen LogP contribution in [0.3, 0.4) is 0 Å². The summed E-state index contributed by atoms with van der Waals surface area (Å²) >= 11 is 0. The van der Waals surface area contributed by atoms with Crippen LogP contribution in [0.25, 0.3) is 0 Å². The molecular weight excluding hydrogens is 244 g/mol. The number of hydrogen-bond acceptors (Lipinski definition) is 3. The van der Waals surface area contributed by atoms with Crippen molar-refractivity contribution in [1.82, 2.24) is 9.78 Å². The van der Waals surface area contributed by atoms with E-state index in [9.17, 15) is 15.0 Å². The topological polar surface area (TPSA) is 75.3 Å². The molecule has 0 bridgehead atoms. The van der Waals surface area contributed by atoms with Gasteiger partial charge in [-0.1, -0.05) is 34.6 Å². The molecule has 1 aromatic rings. The van der Waals surface area contributed by atoms with Crippen molar-refractivity contribution in [3.8, 4) is 0 Å². The Labute approximate surface area is 114 Å². The van der Waals surface area contributed by atoms with Gasteiger partial charge in [-0.25, -0.2) is 0 Å². The standard InChI is InChI=1S/C14H24N2O3/c1-8(2)10(13(18)19)11(17)9-7-16(6)15-12(9)14(3,4)5/h7-8,10-11,17H,1-6H3,(H,18,19). The number of hydrogen-bond donors (Lipinski definition) is 2. The molecule has 2 atom stereocenters. The first-order valence-electron chi connectivity index (χ1n) is 6.50. The maximum absolute atomic E-state index is 11.3. The van der Waals surface area contributed by atoms with Crippen LogP contribution in [0.4, 0.5) is 0 Å². The highest BCUT2D eigenvalue weighted by Gasteiger charge is 2.35. The Morgan fingerprint density at radius 1 is 1.37 bits per heavy atom. The van der Waals surface area contributed by atoms with Crippen LogP contribution in [0, 0.1) is 11.8 Å². The number of carboxylic acid groups (broad SMARTS) is 1. The summed E-state index contributed by atoms with van der Waals surface area (Å²) in [6.45, 7) is 9.59. The van der Waals surface area contributed by atoms with Gasteiger partial charge in [-0.15, -0.1) is 0 Å². The second kappa shape index (κ2) is 5.33. The molecule has 0 aliphatic carbocycles. The van der Waals surface area contributed by atoms with Gasteiger partial charge in [0.2, 0.25) is 0 Å². The molecule has 2 unspecified atom stereocenters. The van der Waals surface area contributed by atoms with Gasteiger partial charge in [-0.3, -0.25) is 9.48 Å². The Hall–Kier alpha value is -1.36. The Morgan fingerprint density at radius 3 is 2.26 bits per heavy atom. The molecule has 1 heterocycles. The van der Waals surface area contributed by atoms with E-state index in [1.165, 1.54) is 0 Å². The van der Waals surface area contributed by atoms with E-state index < -0.39 is 18.0 Å². The van der Waals surface area contributed by atoms with Crippen molar-refractivity contribution in [2.24, 2.45) is 18.9 Å². The van der Waals surface area contributed by atoms with Crippen molar-refractivity contribution in [3.63, 3.8) is 0 Å². The summed E-state index contributed by atoms with van der Waals surface area (Å²) in [5.74, 6) is -1.96. The van der Waals surface area contributed by atoms with Crippen molar-refractivity contribution < 1.29 is 15.0 Å². The Bertz CT molecular complexity index is 458. The van der Waals surface area contributed by atoms with Crippen LogP contribution in [-0.4, -0.2) is 26.0 Å². The molecule has 0 aliphatic heterocycles. The summed E-state index contributed by atoms with van der Waals surface area (Å²) in [7, 11) is 1.77. The quantitative estimate of drug-likeness (QED) is 0.877. The molecule has 19 heavy (non-hydrogen) atoms. The van der Waals surface area contributed by atoms with Gasteiger partial charge < -0.3 is 10.2 Å². The minimum absolute atomic E-state index is 0.152. The lowest BCUT2D eigenvalue weighted by molar-refractivity contribution is -0.148. The lowest BCUT2D eigenvalue weighted by Crippen LogP contribution is -2.28. The number of carbonyl (C=O) groups is 1. The van der Waals surface area contributed by atoms with Crippen molar-refractivity contribution in [3.05, 3.63) is 17.5 Å². The van der Waals surface area contributed by atoms with Crippen LogP contribution in [0.5, 0.6) is 0 Å². The third-order valence-electron chi connectivity index (χ3n) is 3.23. The van der Waals surface area contributed by atoms with E-state index >= 15 is 0 Å². The molecule has 1 aromatic heterocycles. The van der Waals surface area contributed by atoms with Gasteiger partial charge in [-0.05, 0) is 5.92 Å². The predicted octanol–water partition coefficient (Wildman–Crippen LogP) is 2.11. The van der Waals surface area contributed by atoms with Crippen LogP contribution in [0.1, 0.15) is 52.0 Å². The summed E-state index contributed by atoms with van der Waals surface area (Å²) in [4.78, 5) is 11.3. The molecule has 0 radical (unpaired) electrons. The molecular formula is C14H24N2O3. The molecule has 0 saturated heterocycles. The summed E-state index contributed by atoms with van der Waals surface area (Å²) < 4.78 is 1.62. The monoisotopic (exact) mass is 268 g/mol. The molecule has 1 rings (SSSR count). The highest BCUT2D eigenvalue weighted by molar-refractivity contribution is 5.71. The molecule has 0 saturated carbocycles. The molecule has 0 aliphatic rings. The van der Waals surface area contributed by atoms with E-state index in [0.717, 1.165) is 5.69 Å². The number of aliphatic carboxylic acids is 1. The normalized spacial score (nSPS) is 15.6. The van der Waals surface area contributed by atoms with Crippen LogP contribution < -0.4 is 0 Å². The largest absolute Gasteiger partial charge is 0.481 e. The first-order valence-corrected chi connectivity index (χ1v) is 6.50. The number of aryl methyl sites for hydroxylation is 1. The smallest absolute Gasteiger partial charge is 0.309 e. The zero-order valence-electron chi connectivity index (χ0n) is 12.5. The predicted molar refractivity (Wildman–Crippen MR) is 72.8 cm³/mol. The van der Waals surface area contributed by atoms with E-state index in [4.69, 9.17) is 0 Å².